The first-order valence-corrected chi connectivity index (χ1v) is 7.60. The Morgan fingerprint density at radius 2 is 1.62 bits per heavy atom. The highest BCUT2D eigenvalue weighted by Crippen LogP contribution is 2.09. The lowest BCUT2D eigenvalue weighted by molar-refractivity contribution is -0.901. The van der Waals surface area contributed by atoms with Gasteiger partial charge in [-0.05, 0) is 24.3 Å². The zero-order valence-corrected chi connectivity index (χ0v) is 12.1. The van der Waals surface area contributed by atoms with Crippen molar-refractivity contribution in [3.8, 4) is 0 Å². The maximum absolute atomic E-state index is 12.2. The second kappa shape index (κ2) is 6.55. The van der Waals surface area contributed by atoms with Gasteiger partial charge in [-0.25, -0.2) is 0 Å². The summed E-state index contributed by atoms with van der Waals surface area (Å²) in [5.41, 5.74) is 2.84. The van der Waals surface area contributed by atoms with E-state index in [4.69, 9.17) is 0 Å². The first kappa shape index (κ1) is 13.8. The van der Waals surface area contributed by atoms with Crippen LogP contribution >= 0.6 is 0 Å². The summed E-state index contributed by atoms with van der Waals surface area (Å²) in [4.78, 5) is 13.8. The first-order valence-electron chi connectivity index (χ1n) is 7.60. The Morgan fingerprint density at radius 1 is 0.952 bits per heavy atom. The zero-order valence-electron chi connectivity index (χ0n) is 12.1. The number of nitrogens with one attached hydrogen (secondary N) is 2. The lowest BCUT2D eigenvalue weighted by Crippen LogP contribution is -3.08. The molecule has 1 aliphatic rings. The molecule has 1 heterocycles. The summed E-state index contributed by atoms with van der Waals surface area (Å²) in [6, 6.07) is 17.5. The Balaban J connectivity index is 1.62. The van der Waals surface area contributed by atoms with Crippen LogP contribution in [-0.2, 0) is 6.54 Å². The molecule has 0 aliphatic carbocycles. The highest BCUT2D eigenvalue weighted by Gasteiger charge is 2.15. The zero-order chi connectivity index (χ0) is 14.5. The number of para-hydroxylation sites is 1. The van der Waals surface area contributed by atoms with Gasteiger partial charge in [0.2, 0.25) is 0 Å². The van der Waals surface area contributed by atoms with Crippen molar-refractivity contribution in [2.24, 2.45) is 0 Å². The van der Waals surface area contributed by atoms with Crippen LogP contribution in [0.4, 0.5) is 5.69 Å². The Hall–Kier alpha value is -2.13. The summed E-state index contributed by atoms with van der Waals surface area (Å²) >= 11 is 0. The van der Waals surface area contributed by atoms with E-state index in [-0.39, 0.29) is 5.91 Å². The Bertz CT molecular complexity index is 586. The second-order valence-electron chi connectivity index (χ2n) is 5.65. The number of quaternary nitrogens is 1. The van der Waals surface area contributed by atoms with Crippen LogP contribution in [0.5, 0.6) is 0 Å². The van der Waals surface area contributed by atoms with E-state index >= 15 is 0 Å². The SMILES string of the molecule is O=C(Nc1ccccc1)c1ccc(C[NH+]2CCCC2)cc1. The average molecular weight is 281 g/mol. The Morgan fingerprint density at radius 3 is 2.29 bits per heavy atom. The minimum atomic E-state index is -0.0544. The van der Waals surface area contributed by atoms with E-state index in [1.807, 2.05) is 42.5 Å². The largest absolute Gasteiger partial charge is 0.331 e. The van der Waals surface area contributed by atoms with Crippen molar-refractivity contribution < 1.29 is 9.69 Å². The lowest BCUT2D eigenvalue weighted by atomic mass is 10.1. The maximum Gasteiger partial charge on any atom is 0.255 e. The molecule has 0 unspecified atom stereocenters. The van der Waals surface area contributed by atoms with E-state index in [0.717, 1.165) is 12.2 Å². The normalized spacial score (nSPS) is 15.0. The molecule has 1 fully saturated rings. The number of amides is 1. The quantitative estimate of drug-likeness (QED) is 0.884. The highest BCUT2D eigenvalue weighted by atomic mass is 16.1. The third kappa shape index (κ3) is 3.70. The van der Waals surface area contributed by atoms with Crippen molar-refractivity contribution in [1.82, 2.24) is 0 Å². The van der Waals surface area contributed by atoms with E-state index in [9.17, 15) is 4.79 Å². The van der Waals surface area contributed by atoms with Gasteiger partial charge in [0.25, 0.3) is 5.91 Å². The van der Waals surface area contributed by atoms with E-state index in [1.165, 1.54) is 31.5 Å². The minimum Gasteiger partial charge on any atom is -0.331 e. The number of likely N-dealkylation sites (tertiary alicyclic amines) is 1. The molecule has 0 atom stereocenters. The van der Waals surface area contributed by atoms with Crippen LogP contribution < -0.4 is 10.2 Å². The van der Waals surface area contributed by atoms with E-state index in [2.05, 4.69) is 17.4 Å². The molecule has 1 saturated heterocycles. The van der Waals surface area contributed by atoms with Gasteiger partial charge < -0.3 is 10.2 Å². The molecule has 0 spiro atoms. The molecule has 2 aromatic carbocycles. The monoisotopic (exact) mass is 281 g/mol. The molecule has 1 aliphatic heterocycles. The van der Waals surface area contributed by atoms with Crippen LogP contribution in [0.3, 0.4) is 0 Å². The van der Waals surface area contributed by atoms with Crippen molar-refractivity contribution in [2.45, 2.75) is 19.4 Å². The molecule has 21 heavy (non-hydrogen) atoms. The van der Waals surface area contributed by atoms with Gasteiger partial charge in [-0.15, -0.1) is 0 Å². The predicted octanol–water partition coefficient (Wildman–Crippen LogP) is 2.12. The molecule has 0 radical (unpaired) electrons. The van der Waals surface area contributed by atoms with Gasteiger partial charge in [-0.2, -0.15) is 0 Å². The smallest absolute Gasteiger partial charge is 0.255 e. The van der Waals surface area contributed by atoms with Crippen molar-refractivity contribution >= 4 is 11.6 Å². The summed E-state index contributed by atoms with van der Waals surface area (Å²) < 4.78 is 0. The van der Waals surface area contributed by atoms with Gasteiger partial charge in [-0.3, -0.25) is 4.79 Å². The molecule has 1 amide bonds. The van der Waals surface area contributed by atoms with Crippen molar-refractivity contribution in [3.05, 3.63) is 65.7 Å². The van der Waals surface area contributed by atoms with Gasteiger partial charge in [0.1, 0.15) is 6.54 Å². The van der Waals surface area contributed by atoms with Gasteiger partial charge in [0.05, 0.1) is 13.1 Å². The molecular formula is C18H21N2O+. The van der Waals surface area contributed by atoms with Gasteiger partial charge in [0.15, 0.2) is 0 Å². The van der Waals surface area contributed by atoms with E-state index in [1.54, 1.807) is 4.90 Å². The molecule has 3 rings (SSSR count). The fourth-order valence-corrected chi connectivity index (χ4v) is 2.84. The number of rotatable bonds is 4. The van der Waals surface area contributed by atoms with Crippen LogP contribution in [0.2, 0.25) is 0 Å². The third-order valence-corrected chi connectivity index (χ3v) is 4.01. The molecule has 3 nitrogen and oxygen atoms in total. The summed E-state index contributed by atoms with van der Waals surface area (Å²) in [5, 5.41) is 2.91. The van der Waals surface area contributed by atoms with Crippen LogP contribution in [0, 0.1) is 0 Å². The summed E-state index contributed by atoms with van der Waals surface area (Å²) in [6.45, 7) is 3.62. The number of benzene rings is 2. The van der Waals surface area contributed by atoms with Crippen molar-refractivity contribution in [3.63, 3.8) is 0 Å². The summed E-state index contributed by atoms with van der Waals surface area (Å²) in [6.07, 6.45) is 2.68. The molecule has 2 aromatic rings. The number of hydrogen-bond acceptors (Lipinski definition) is 1. The maximum atomic E-state index is 12.2. The molecule has 3 heteroatoms. The number of anilines is 1. The van der Waals surface area contributed by atoms with E-state index in [0.29, 0.717) is 5.56 Å². The lowest BCUT2D eigenvalue weighted by Gasteiger charge is -2.12. The Kier molecular flexibility index (Phi) is 4.31. The van der Waals surface area contributed by atoms with Gasteiger partial charge >= 0.3 is 0 Å². The van der Waals surface area contributed by atoms with E-state index < -0.39 is 0 Å². The molecule has 108 valence electrons. The molecule has 0 aromatic heterocycles. The van der Waals surface area contributed by atoms with Gasteiger partial charge in [0, 0.05) is 29.7 Å². The third-order valence-electron chi connectivity index (χ3n) is 4.01. The Labute approximate surface area is 125 Å². The van der Waals surface area contributed by atoms with Crippen molar-refractivity contribution in [2.75, 3.05) is 18.4 Å². The molecule has 2 N–H and O–H groups in total. The second-order valence-corrected chi connectivity index (χ2v) is 5.65. The van der Waals surface area contributed by atoms with Crippen LogP contribution in [0.25, 0.3) is 0 Å². The fraction of sp³-hybridized carbons (Fsp3) is 0.278. The summed E-state index contributed by atoms with van der Waals surface area (Å²) in [5.74, 6) is -0.0544. The highest BCUT2D eigenvalue weighted by molar-refractivity contribution is 6.04. The van der Waals surface area contributed by atoms with Gasteiger partial charge in [-0.1, -0.05) is 30.3 Å². The predicted molar refractivity (Wildman–Crippen MR) is 84.5 cm³/mol. The molecular weight excluding hydrogens is 260 g/mol. The standard InChI is InChI=1S/C18H20N2O/c21-18(19-17-6-2-1-3-7-17)16-10-8-15(9-11-16)14-20-12-4-5-13-20/h1-3,6-11H,4-5,12-14H2,(H,19,21)/p+1. The minimum absolute atomic E-state index is 0.0544. The average Bonchev–Trinajstić information content (AvgIpc) is 3.02. The van der Waals surface area contributed by atoms with Crippen LogP contribution in [0.15, 0.2) is 54.6 Å². The topological polar surface area (TPSA) is 33.5 Å². The summed E-state index contributed by atoms with van der Waals surface area (Å²) in [7, 11) is 0. The van der Waals surface area contributed by atoms with Crippen LogP contribution in [0.1, 0.15) is 28.8 Å². The fourth-order valence-electron chi connectivity index (χ4n) is 2.84. The number of hydrogen-bond donors (Lipinski definition) is 2. The number of carbonyl (C=O) groups is 1. The number of carbonyl (C=O) groups excluding carboxylic acids is 1. The molecule has 0 saturated carbocycles. The molecule has 0 bridgehead atoms. The van der Waals surface area contributed by atoms with Crippen molar-refractivity contribution in [1.29, 1.82) is 0 Å². The van der Waals surface area contributed by atoms with Crippen LogP contribution in [-0.4, -0.2) is 19.0 Å². The first-order chi connectivity index (χ1) is 10.3.